The van der Waals surface area contributed by atoms with Gasteiger partial charge in [0.2, 0.25) is 0 Å². The number of methoxy groups -OCH3 is 1. The highest BCUT2D eigenvalue weighted by Gasteiger charge is 2.09. The van der Waals surface area contributed by atoms with Crippen LogP contribution in [0.1, 0.15) is 18.1 Å². The van der Waals surface area contributed by atoms with Crippen LogP contribution in [0.15, 0.2) is 23.1 Å². The van der Waals surface area contributed by atoms with Crippen molar-refractivity contribution in [2.45, 2.75) is 37.9 Å². The number of aliphatic hydroxyl groups excluding tert-OH is 1. The molecule has 4 heteroatoms. The van der Waals surface area contributed by atoms with Crippen LogP contribution in [-0.4, -0.2) is 43.4 Å². The van der Waals surface area contributed by atoms with E-state index >= 15 is 0 Å². The molecule has 1 aromatic rings. The van der Waals surface area contributed by atoms with Crippen molar-refractivity contribution in [3.8, 4) is 0 Å². The van der Waals surface area contributed by atoms with Crippen molar-refractivity contribution in [2.75, 3.05) is 26.1 Å². The molecule has 0 aliphatic rings. The summed E-state index contributed by atoms with van der Waals surface area (Å²) in [5.41, 5.74) is 2.52. The standard InChI is InChI=1S/C15H24O3S/c1-11-5-6-15(12(2)7-11)19-10-14(16)9-18-13(3)8-17-4/h5-7,13-14,16H,8-10H2,1-4H3. The molecule has 1 aromatic carbocycles. The van der Waals surface area contributed by atoms with Crippen molar-refractivity contribution in [2.24, 2.45) is 0 Å². The van der Waals surface area contributed by atoms with Crippen LogP contribution >= 0.6 is 11.8 Å². The van der Waals surface area contributed by atoms with Crippen molar-refractivity contribution < 1.29 is 14.6 Å². The highest BCUT2D eigenvalue weighted by molar-refractivity contribution is 7.99. The minimum Gasteiger partial charge on any atom is -0.390 e. The lowest BCUT2D eigenvalue weighted by Gasteiger charge is -2.16. The molecular weight excluding hydrogens is 260 g/mol. The van der Waals surface area contributed by atoms with Crippen LogP contribution in [0.4, 0.5) is 0 Å². The van der Waals surface area contributed by atoms with Crippen molar-refractivity contribution in [3.05, 3.63) is 29.3 Å². The van der Waals surface area contributed by atoms with Crippen molar-refractivity contribution >= 4 is 11.8 Å². The lowest BCUT2D eigenvalue weighted by molar-refractivity contribution is -0.0257. The van der Waals surface area contributed by atoms with Crippen LogP contribution < -0.4 is 0 Å². The lowest BCUT2D eigenvalue weighted by Crippen LogP contribution is -2.24. The first kappa shape index (κ1) is 16.5. The summed E-state index contributed by atoms with van der Waals surface area (Å²) in [6.07, 6.45) is -0.434. The second kappa shape index (κ2) is 8.59. The van der Waals surface area contributed by atoms with Crippen molar-refractivity contribution in [1.29, 1.82) is 0 Å². The molecule has 0 heterocycles. The van der Waals surface area contributed by atoms with E-state index in [2.05, 4.69) is 32.0 Å². The molecule has 1 rings (SSSR count). The van der Waals surface area contributed by atoms with Crippen LogP contribution in [0.5, 0.6) is 0 Å². The van der Waals surface area contributed by atoms with Crippen LogP contribution in [0.3, 0.4) is 0 Å². The first-order valence-corrected chi connectivity index (χ1v) is 7.50. The second-order valence-electron chi connectivity index (χ2n) is 4.83. The van der Waals surface area contributed by atoms with Crippen LogP contribution in [0, 0.1) is 13.8 Å². The van der Waals surface area contributed by atoms with E-state index in [0.717, 1.165) is 0 Å². The quantitative estimate of drug-likeness (QED) is 0.745. The van der Waals surface area contributed by atoms with Gasteiger partial charge >= 0.3 is 0 Å². The van der Waals surface area contributed by atoms with Crippen LogP contribution in [-0.2, 0) is 9.47 Å². The summed E-state index contributed by atoms with van der Waals surface area (Å²) in [6.45, 7) is 7.02. The number of ether oxygens (including phenoxy) is 2. The molecule has 0 bridgehead atoms. The van der Waals surface area contributed by atoms with E-state index in [0.29, 0.717) is 19.0 Å². The smallest absolute Gasteiger partial charge is 0.0867 e. The average molecular weight is 284 g/mol. The number of benzene rings is 1. The Morgan fingerprint density at radius 1 is 1.26 bits per heavy atom. The number of rotatable bonds is 8. The SMILES string of the molecule is COCC(C)OCC(O)CSc1ccc(C)cc1C. The van der Waals surface area contributed by atoms with Gasteiger partial charge in [-0.05, 0) is 32.4 Å². The molecule has 19 heavy (non-hydrogen) atoms. The molecular formula is C15H24O3S. The highest BCUT2D eigenvalue weighted by atomic mass is 32.2. The third-order valence-electron chi connectivity index (χ3n) is 2.74. The summed E-state index contributed by atoms with van der Waals surface area (Å²) in [5.74, 6) is 0.642. The molecule has 0 amide bonds. The van der Waals surface area contributed by atoms with Crippen molar-refractivity contribution in [3.63, 3.8) is 0 Å². The second-order valence-corrected chi connectivity index (χ2v) is 5.89. The fourth-order valence-electron chi connectivity index (χ4n) is 1.75. The Kier molecular flexibility index (Phi) is 7.46. The zero-order valence-corrected chi connectivity index (χ0v) is 13.0. The summed E-state index contributed by atoms with van der Waals surface area (Å²) in [4.78, 5) is 1.22. The molecule has 0 aliphatic carbocycles. The van der Waals surface area contributed by atoms with E-state index in [1.165, 1.54) is 16.0 Å². The molecule has 0 aromatic heterocycles. The minimum absolute atomic E-state index is 0.0192. The first-order chi connectivity index (χ1) is 9.02. The summed E-state index contributed by atoms with van der Waals surface area (Å²) in [5, 5.41) is 9.89. The molecule has 0 saturated heterocycles. The van der Waals surface area contributed by atoms with Gasteiger partial charge in [-0.1, -0.05) is 17.7 Å². The third-order valence-corrected chi connectivity index (χ3v) is 4.06. The van der Waals surface area contributed by atoms with Crippen LogP contribution in [0.25, 0.3) is 0 Å². The molecule has 108 valence electrons. The first-order valence-electron chi connectivity index (χ1n) is 6.51. The Balaban J connectivity index is 2.31. The third kappa shape index (κ3) is 6.43. The number of hydrogen-bond donors (Lipinski definition) is 1. The van der Waals surface area contributed by atoms with Crippen LogP contribution in [0.2, 0.25) is 0 Å². The van der Waals surface area contributed by atoms with E-state index in [4.69, 9.17) is 9.47 Å². The number of aliphatic hydroxyl groups is 1. The topological polar surface area (TPSA) is 38.7 Å². The number of thioether (sulfide) groups is 1. The Bertz CT molecular complexity index is 382. The summed E-state index contributed by atoms with van der Waals surface area (Å²) in [6, 6.07) is 6.36. The molecule has 1 N–H and O–H groups in total. The largest absolute Gasteiger partial charge is 0.390 e. The van der Waals surface area contributed by atoms with Gasteiger partial charge in [0, 0.05) is 17.8 Å². The zero-order chi connectivity index (χ0) is 14.3. The predicted molar refractivity (Wildman–Crippen MR) is 79.9 cm³/mol. The van der Waals surface area contributed by atoms with Gasteiger partial charge < -0.3 is 14.6 Å². The molecule has 2 atom stereocenters. The predicted octanol–water partition coefficient (Wildman–Crippen LogP) is 2.81. The number of hydrogen-bond acceptors (Lipinski definition) is 4. The fraction of sp³-hybridized carbons (Fsp3) is 0.600. The van der Waals surface area contributed by atoms with Gasteiger partial charge in [0.05, 0.1) is 25.4 Å². The summed E-state index contributed by atoms with van der Waals surface area (Å²) in [7, 11) is 1.65. The van der Waals surface area contributed by atoms with E-state index in [-0.39, 0.29) is 6.10 Å². The summed E-state index contributed by atoms with van der Waals surface area (Å²) < 4.78 is 10.5. The molecule has 0 saturated carbocycles. The molecule has 0 aliphatic heterocycles. The van der Waals surface area contributed by atoms with Crippen molar-refractivity contribution in [1.82, 2.24) is 0 Å². The maximum Gasteiger partial charge on any atom is 0.0867 e. The van der Waals surface area contributed by atoms with Gasteiger partial charge in [0.25, 0.3) is 0 Å². The monoisotopic (exact) mass is 284 g/mol. The highest BCUT2D eigenvalue weighted by Crippen LogP contribution is 2.23. The fourth-order valence-corrected chi connectivity index (χ4v) is 2.67. The minimum atomic E-state index is -0.454. The van der Waals surface area contributed by atoms with Gasteiger partial charge in [-0.2, -0.15) is 0 Å². The van der Waals surface area contributed by atoms with E-state index in [9.17, 15) is 5.11 Å². The van der Waals surface area contributed by atoms with E-state index in [1.807, 2.05) is 6.92 Å². The molecule has 0 fully saturated rings. The maximum absolute atomic E-state index is 9.89. The molecule has 3 nitrogen and oxygen atoms in total. The Labute approximate surface area is 120 Å². The normalized spacial score (nSPS) is 14.4. The molecule has 0 radical (unpaired) electrons. The lowest BCUT2D eigenvalue weighted by atomic mass is 10.2. The van der Waals surface area contributed by atoms with Gasteiger partial charge in [0.1, 0.15) is 0 Å². The van der Waals surface area contributed by atoms with Gasteiger partial charge in [0.15, 0.2) is 0 Å². The van der Waals surface area contributed by atoms with Gasteiger partial charge in [-0.3, -0.25) is 0 Å². The van der Waals surface area contributed by atoms with E-state index < -0.39 is 6.10 Å². The maximum atomic E-state index is 9.89. The summed E-state index contributed by atoms with van der Waals surface area (Å²) >= 11 is 1.67. The van der Waals surface area contributed by atoms with E-state index in [1.54, 1.807) is 18.9 Å². The Morgan fingerprint density at radius 2 is 2.00 bits per heavy atom. The van der Waals surface area contributed by atoms with Gasteiger partial charge in [-0.15, -0.1) is 11.8 Å². The Hall–Kier alpha value is -0.550. The van der Waals surface area contributed by atoms with Gasteiger partial charge in [-0.25, -0.2) is 0 Å². The molecule has 2 unspecified atom stereocenters. The number of aryl methyl sites for hydroxylation is 2. The Morgan fingerprint density at radius 3 is 2.63 bits per heavy atom. The zero-order valence-electron chi connectivity index (χ0n) is 12.2. The molecule has 0 spiro atoms. The average Bonchev–Trinajstić information content (AvgIpc) is 2.35.